The molecule has 31 heavy (non-hydrogen) atoms. The number of nitrogens with zero attached hydrogens (tertiary/aromatic N) is 2. The third-order valence-corrected chi connectivity index (χ3v) is 7.58. The molecule has 3 aromatic rings. The zero-order valence-corrected chi connectivity index (χ0v) is 18.2. The van der Waals surface area contributed by atoms with Gasteiger partial charge in [0.15, 0.2) is 26.1 Å². The molecule has 2 aromatic carbocycles. The van der Waals surface area contributed by atoms with E-state index in [4.69, 9.17) is 15.9 Å². The first-order valence-corrected chi connectivity index (χ1v) is 12.2. The van der Waals surface area contributed by atoms with Gasteiger partial charge >= 0.3 is 0 Å². The number of fused-ring (bicyclic) bond motifs is 2. The molecule has 0 fully saturated rings. The van der Waals surface area contributed by atoms with E-state index in [1.807, 2.05) is 12.1 Å². The molecule has 0 bridgehead atoms. The number of benzene rings is 2. The number of rotatable bonds is 6. The number of aromatic nitrogens is 1. The van der Waals surface area contributed by atoms with Crippen molar-refractivity contribution in [1.82, 2.24) is 4.57 Å². The van der Waals surface area contributed by atoms with Crippen molar-refractivity contribution in [3.8, 4) is 23.8 Å². The number of hydrogen-bond acceptors (Lipinski definition) is 6. The number of thiazole rings is 1. The van der Waals surface area contributed by atoms with Crippen LogP contribution in [-0.2, 0) is 21.2 Å². The van der Waals surface area contributed by atoms with Crippen molar-refractivity contribution >= 4 is 37.3 Å². The third-order valence-electron chi connectivity index (χ3n) is 4.72. The monoisotopic (exact) mass is 456 g/mol. The van der Waals surface area contributed by atoms with Crippen LogP contribution < -0.4 is 14.3 Å². The van der Waals surface area contributed by atoms with Crippen LogP contribution in [0.3, 0.4) is 0 Å². The van der Waals surface area contributed by atoms with E-state index in [1.165, 1.54) is 11.3 Å². The van der Waals surface area contributed by atoms with Crippen molar-refractivity contribution in [2.45, 2.75) is 24.3 Å². The highest BCUT2D eigenvalue weighted by Crippen LogP contribution is 2.35. The molecule has 0 saturated carbocycles. The molecule has 1 aromatic heterocycles. The second kappa shape index (κ2) is 8.96. The van der Waals surface area contributed by atoms with Crippen molar-refractivity contribution in [2.24, 2.45) is 4.99 Å². The summed E-state index contributed by atoms with van der Waals surface area (Å²) in [7, 11) is -3.43. The summed E-state index contributed by atoms with van der Waals surface area (Å²) in [5.41, 5.74) is 0.811. The van der Waals surface area contributed by atoms with Gasteiger partial charge < -0.3 is 14.0 Å². The molecular formula is C22H20N2O5S2. The lowest BCUT2D eigenvalue weighted by Crippen LogP contribution is -2.17. The Labute approximate surface area is 183 Å². The maximum absolute atomic E-state index is 12.5. The van der Waals surface area contributed by atoms with Gasteiger partial charge in [0.05, 0.1) is 27.4 Å². The predicted molar refractivity (Wildman–Crippen MR) is 118 cm³/mol. The van der Waals surface area contributed by atoms with E-state index in [1.54, 1.807) is 34.9 Å². The average molecular weight is 457 g/mol. The first-order valence-electron chi connectivity index (χ1n) is 9.70. The molecule has 0 N–H and O–H groups in total. The van der Waals surface area contributed by atoms with Gasteiger partial charge in [0.2, 0.25) is 5.91 Å². The molecule has 1 amide bonds. The molecule has 7 nitrogen and oxygen atoms in total. The average Bonchev–Trinajstić information content (AvgIpc) is 3.08. The van der Waals surface area contributed by atoms with E-state index in [-0.39, 0.29) is 30.0 Å². The van der Waals surface area contributed by atoms with Crippen molar-refractivity contribution in [3.05, 3.63) is 47.3 Å². The highest BCUT2D eigenvalue weighted by atomic mass is 32.2. The van der Waals surface area contributed by atoms with Gasteiger partial charge in [-0.15, -0.1) is 6.42 Å². The number of carbonyl (C=O) groups excluding carboxylic acids is 1. The number of sulfone groups is 1. The lowest BCUT2D eigenvalue weighted by molar-refractivity contribution is -0.118. The summed E-state index contributed by atoms with van der Waals surface area (Å²) in [6.45, 7) is 1.20. The normalized spacial score (nSPS) is 13.8. The van der Waals surface area contributed by atoms with E-state index in [9.17, 15) is 13.2 Å². The first-order chi connectivity index (χ1) is 15.0. The summed E-state index contributed by atoms with van der Waals surface area (Å²) in [6, 6.07) is 11.9. The minimum absolute atomic E-state index is 0.0269. The molecule has 0 atom stereocenters. The van der Waals surface area contributed by atoms with E-state index in [0.717, 1.165) is 10.2 Å². The minimum Gasteiger partial charge on any atom is -0.486 e. The second-order valence-corrected chi connectivity index (χ2v) is 10.00. The van der Waals surface area contributed by atoms with Crippen LogP contribution in [0.5, 0.6) is 11.5 Å². The van der Waals surface area contributed by atoms with Crippen LogP contribution in [0.4, 0.5) is 0 Å². The predicted octanol–water partition coefficient (Wildman–Crippen LogP) is 2.79. The third kappa shape index (κ3) is 4.65. The molecule has 0 saturated heterocycles. The van der Waals surface area contributed by atoms with Crippen LogP contribution in [0.2, 0.25) is 0 Å². The van der Waals surface area contributed by atoms with Gasteiger partial charge in [-0.25, -0.2) is 8.42 Å². The SMILES string of the molecule is C#CCn1c(=NC(=O)CCCS(=O)(=O)c2ccccc2)sc2cc3c(cc21)OCCO3. The van der Waals surface area contributed by atoms with Gasteiger partial charge in [-0.05, 0) is 18.6 Å². The highest BCUT2D eigenvalue weighted by molar-refractivity contribution is 7.91. The molecule has 4 rings (SSSR count). The molecule has 160 valence electrons. The van der Waals surface area contributed by atoms with Crippen LogP contribution in [-0.4, -0.2) is 37.9 Å². The van der Waals surface area contributed by atoms with Crippen LogP contribution >= 0.6 is 11.3 Å². The van der Waals surface area contributed by atoms with Gasteiger partial charge in [0.1, 0.15) is 13.2 Å². The fraction of sp³-hybridized carbons (Fsp3) is 0.273. The maximum Gasteiger partial charge on any atom is 0.248 e. The van der Waals surface area contributed by atoms with Crippen LogP contribution in [0.25, 0.3) is 10.2 Å². The van der Waals surface area contributed by atoms with Crippen molar-refractivity contribution < 1.29 is 22.7 Å². The molecule has 0 spiro atoms. The molecule has 0 radical (unpaired) electrons. The van der Waals surface area contributed by atoms with Gasteiger partial charge in [-0.3, -0.25) is 4.79 Å². The van der Waals surface area contributed by atoms with Gasteiger partial charge in [-0.2, -0.15) is 4.99 Å². The Hall–Kier alpha value is -3.09. The number of carbonyl (C=O) groups is 1. The quantitative estimate of drug-likeness (QED) is 0.533. The van der Waals surface area contributed by atoms with Crippen LogP contribution in [0.1, 0.15) is 12.8 Å². The molecular weight excluding hydrogens is 436 g/mol. The Morgan fingerprint density at radius 2 is 1.87 bits per heavy atom. The zero-order chi connectivity index (χ0) is 21.8. The summed E-state index contributed by atoms with van der Waals surface area (Å²) in [6.07, 6.45) is 5.73. The van der Waals surface area contributed by atoms with Crippen LogP contribution in [0.15, 0.2) is 52.4 Å². The molecule has 1 aliphatic heterocycles. The number of amides is 1. The van der Waals surface area contributed by atoms with E-state index in [0.29, 0.717) is 29.5 Å². The topological polar surface area (TPSA) is 87.0 Å². The van der Waals surface area contributed by atoms with Gasteiger partial charge in [0, 0.05) is 18.6 Å². The first kappa shape index (κ1) is 21.2. The Balaban J connectivity index is 1.54. The van der Waals surface area contributed by atoms with Crippen molar-refractivity contribution in [3.63, 3.8) is 0 Å². The molecule has 0 unspecified atom stereocenters. The van der Waals surface area contributed by atoms with E-state index in [2.05, 4.69) is 10.9 Å². The maximum atomic E-state index is 12.5. The standard InChI is InChI=1S/C22H20N2O5S2/c1-2-10-24-17-14-18-19(29-12-11-28-18)15-20(17)30-22(24)23-21(25)9-6-13-31(26,27)16-7-4-3-5-8-16/h1,3-5,7-8,14-15H,6,9-13H2. The van der Waals surface area contributed by atoms with E-state index >= 15 is 0 Å². The van der Waals surface area contributed by atoms with Crippen molar-refractivity contribution in [2.75, 3.05) is 19.0 Å². The lowest BCUT2D eigenvalue weighted by atomic mass is 10.2. The number of hydrogen-bond donors (Lipinski definition) is 0. The Bertz CT molecular complexity index is 1330. The number of terminal acetylenes is 1. The molecule has 2 heterocycles. The molecule has 0 aliphatic carbocycles. The molecule has 9 heteroatoms. The minimum atomic E-state index is -3.43. The Morgan fingerprint density at radius 1 is 1.16 bits per heavy atom. The largest absolute Gasteiger partial charge is 0.486 e. The highest BCUT2D eigenvalue weighted by Gasteiger charge is 2.17. The summed E-state index contributed by atoms with van der Waals surface area (Å²) < 4.78 is 38.6. The summed E-state index contributed by atoms with van der Waals surface area (Å²) in [5, 5.41) is 0. The van der Waals surface area contributed by atoms with Crippen molar-refractivity contribution in [1.29, 1.82) is 0 Å². The second-order valence-electron chi connectivity index (χ2n) is 6.88. The summed E-state index contributed by atoms with van der Waals surface area (Å²) in [4.78, 5) is 17.4. The molecule has 1 aliphatic rings. The number of ether oxygens (including phenoxy) is 2. The van der Waals surface area contributed by atoms with Gasteiger partial charge in [-0.1, -0.05) is 35.5 Å². The fourth-order valence-electron chi connectivity index (χ4n) is 3.26. The Kier molecular flexibility index (Phi) is 6.11. The fourth-order valence-corrected chi connectivity index (χ4v) is 5.65. The van der Waals surface area contributed by atoms with E-state index < -0.39 is 15.7 Å². The Morgan fingerprint density at radius 3 is 2.58 bits per heavy atom. The summed E-state index contributed by atoms with van der Waals surface area (Å²) in [5.74, 6) is 3.36. The zero-order valence-electron chi connectivity index (χ0n) is 16.6. The van der Waals surface area contributed by atoms with Gasteiger partial charge in [0.25, 0.3) is 0 Å². The summed E-state index contributed by atoms with van der Waals surface area (Å²) >= 11 is 1.33. The van der Waals surface area contributed by atoms with Crippen LogP contribution in [0, 0.1) is 12.3 Å². The lowest BCUT2D eigenvalue weighted by Gasteiger charge is -2.18. The smallest absolute Gasteiger partial charge is 0.248 e.